The van der Waals surface area contributed by atoms with Crippen molar-refractivity contribution < 1.29 is 29.4 Å². The number of carbonyl (C=O) groups is 4. The van der Waals surface area contributed by atoms with Gasteiger partial charge in [0.05, 0.1) is 35.1 Å². The smallest absolute Gasteiger partial charge is 0.407 e. The molecule has 0 radical (unpaired) electrons. The number of nitrogens with zero attached hydrogens (tertiary/aromatic N) is 5. The van der Waals surface area contributed by atoms with Gasteiger partial charge in [-0.25, -0.2) is 14.6 Å². The van der Waals surface area contributed by atoms with Crippen molar-refractivity contribution in [3.63, 3.8) is 0 Å². The molecule has 5 rings (SSSR count). The van der Waals surface area contributed by atoms with Crippen molar-refractivity contribution in [1.29, 1.82) is 0 Å². The van der Waals surface area contributed by atoms with Crippen molar-refractivity contribution in [3.05, 3.63) is 106 Å². The van der Waals surface area contributed by atoms with Gasteiger partial charge >= 0.3 is 12.1 Å². The lowest BCUT2D eigenvalue weighted by Gasteiger charge is -2.38. The second kappa shape index (κ2) is 19.2. The van der Waals surface area contributed by atoms with E-state index in [0.29, 0.717) is 26.1 Å². The van der Waals surface area contributed by atoms with Crippen LogP contribution in [0.25, 0.3) is 11.3 Å². The van der Waals surface area contributed by atoms with E-state index in [2.05, 4.69) is 20.6 Å². The molecular weight excluding hydrogens is 767 g/mol. The molecule has 14 heteroatoms. The monoisotopic (exact) mass is 825 g/mol. The first-order chi connectivity index (χ1) is 27.8. The van der Waals surface area contributed by atoms with Crippen LogP contribution in [0.4, 0.5) is 9.59 Å². The standard InChI is InChI=1S/C45H59N7O6S/c1-29-47-34(28-59-29)27-51-22-23-52(42(51)56)39(45(5,6)7)41(55)48-33(24-30-14-10-9-11-15-30)26-37(53)36(49-40(54)38(44(2,3)4)50(8)43(57)58)25-31-17-19-32(20-18-31)35-16-12-13-21-46-35/h9-21,28,33,36-39,53H,22-27H2,1-8H3,(H,48,55)(H,49,54)(H,57,58)/t33-,36-,37+,38+,39+/m0/s1. The third kappa shape index (κ3) is 11.9. The van der Waals surface area contributed by atoms with Crippen molar-refractivity contribution >= 4 is 35.3 Å². The van der Waals surface area contributed by atoms with Crippen LogP contribution in [0.3, 0.4) is 0 Å². The molecule has 316 valence electrons. The quantitative estimate of drug-likeness (QED) is 0.101. The van der Waals surface area contributed by atoms with Gasteiger partial charge in [0.1, 0.15) is 12.1 Å². The zero-order valence-corrected chi connectivity index (χ0v) is 36.2. The highest BCUT2D eigenvalue weighted by Gasteiger charge is 2.44. The van der Waals surface area contributed by atoms with Crippen LogP contribution in [0, 0.1) is 17.8 Å². The number of carboxylic acid groups (broad SMARTS) is 1. The van der Waals surface area contributed by atoms with Crippen LogP contribution >= 0.6 is 11.3 Å². The van der Waals surface area contributed by atoms with Crippen molar-refractivity contribution in [2.45, 2.75) is 105 Å². The Morgan fingerprint density at radius 3 is 2.10 bits per heavy atom. The van der Waals surface area contributed by atoms with Crippen molar-refractivity contribution in [1.82, 2.24) is 35.3 Å². The Morgan fingerprint density at radius 1 is 0.864 bits per heavy atom. The van der Waals surface area contributed by atoms with Gasteiger partial charge in [-0.3, -0.25) is 19.5 Å². The number of aliphatic hydroxyl groups is 1. The van der Waals surface area contributed by atoms with E-state index >= 15 is 0 Å². The van der Waals surface area contributed by atoms with E-state index < -0.39 is 53.1 Å². The number of rotatable bonds is 16. The number of carbonyl (C=O) groups excluding carboxylic acids is 3. The first kappa shape index (κ1) is 44.8. The normalized spacial score (nSPS) is 15.9. The summed E-state index contributed by atoms with van der Waals surface area (Å²) >= 11 is 1.53. The second-order valence-electron chi connectivity index (χ2n) is 17.6. The highest BCUT2D eigenvalue weighted by Crippen LogP contribution is 2.30. The highest BCUT2D eigenvalue weighted by molar-refractivity contribution is 7.09. The Hall–Kier alpha value is -5.34. The van der Waals surface area contributed by atoms with Gasteiger partial charge in [0, 0.05) is 43.3 Å². The summed E-state index contributed by atoms with van der Waals surface area (Å²) in [6, 6.07) is 19.4. The molecule has 2 aromatic carbocycles. The molecular formula is C45H59N7O6S. The molecule has 4 N–H and O–H groups in total. The number of hydrogen-bond acceptors (Lipinski definition) is 8. The van der Waals surface area contributed by atoms with E-state index in [-0.39, 0.29) is 24.8 Å². The van der Waals surface area contributed by atoms with Gasteiger partial charge in [-0.1, -0.05) is 102 Å². The first-order valence-electron chi connectivity index (χ1n) is 20.1. The van der Waals surface area contributed by atoms with Gasteiger partial charge in [-0.15, -0.1) is 11.3 Å². The number of pyridine rings is 1. The van der Waals surface area contributed by atoms with E-state index in [1.54, 1.807) is 36.8 Å². The van der Waals surface area contributed by atoms with Crippen LogP contribution in [0.15, 0.2) is 84.4 Å². The molecule has 0 aliphatic carbocycles. The predicted molar refractivity (Wildman–Crippen MR) is 230 cm³/mol. The molecule has 0 unspecified atom stereocenters. The number of thiazole rings is 1. The predicted octanol–water partition coefficient (Wildman–Crippen LogP) is 6.40. The largest absolute Gasteiger partial charge is 0.465 e. The number of benzene rings is 2. The molecule has 1 aliphatic heterocycles. The first-order valence-corrected chi connectivity index (χ1v) is 20.9. The minimum atomic E-state index is -1.25. The van der Waals surface area contributed by atoms with Crippen LogP contribution in [0.2, 0.25) is 0 Å². The fraction of sp³-hybridized carbons (Fsp3) is 0.467. The average molecular weight is 826 g/mol. The van der Waals surface area contributed by atoms with E-state index in [9.17, 15) is 29.4 Å². The van der Waals surface area contributed by atoms with Gasteiger partial charge in [0.2, 0.25) is 11.8 Å². The summed E-state index contributed by atoms with van der Waals surface area (Å²) in [5.41, 5.74) is 2.87. The molecule has 59 heavy (non-hydrogen) atoms. The molecule has 0 bridgehead atoms. The summed E-state index contributed by atoms with van der Waals surface area (Å²) in [7, 11) is 1.36. The second-order valence-corrected chi connectivity index (χ2v) is 18.7. The number of hydrogen-bond donors (Lipinski definition) is 4. The summed E-state index contributed by atoms with van der Waals surface area (Å²) < 4.78 is 0. The Kier molecular flexibility index (Phi) is 14.5. The molecule has 5 amide bonds. The van der Waals surface area contributed by atoms with Gasteiger partial charge in [0.15, 0.2) is 0 Å². The number of aromatic nitrogens is 2. The third-order valence-electron chi connectivity index (χ3n) is 10.6. The Labute approximate surface area is 351 Å². The lowest BCUT2D eigenvalue weighted by Crippen LogP contribution is -2.59. The Morgan fingerprint density at radius 2 is 1.53 bits per heavy atom. The van der Waals surface area contributed by atoms with Gasteiger partial charge < -0.3 is 30.6 Å². The summed E-state index contributed by atoms with van der Waals surface area (Å²) in [6.45, 7) is 14.3. The molecule has 1 fully saturated rings. The van der Waals surface area contributed by atoms with E-state index in [4.69, 9.17) is 0 Å². The van der Waals surface area contributed by atoms with Crippen molar-refractivity contribution in [3.8, 4) is 11.3 Å². The SMILES string of the molecule is Cc1nc(CN2CCN([C@H](C(=O)N[C@@H](Cc3ccccc3)C[C@@H](O)[C@H](Cc3ccc(-c4ccccn4)cc3)NC(=O)[C@@H](N(C)C(=O)O)C(C)(C)C)C(C)(C)C)C2=O)cs1. The van der Waals surface area contributed by atoms with E-state index in [0.717, 1.165) is 38.0 Å². The van der Waals surface area contributed by atoms with Crippen molar-refractivity contribution in [2.75, 3.05) is 20.1 Å². The molecule has 3 heterocycles. The summed E-state index contributed by atoms with van der Waals surface area (Å²) in [6.07, 6.45) is -0.0721. The summed E-state index contributed by atoms with van der Waals surface area (Å²) in [5, 5.41) is 31.2. The van der Waals surface area contributed by atoms with Crippen LogP contribution in [-0.2, 0) is 29.0 Å². The van der Waals surface area contributed by atoms with Crippen LogP contribution in [-0.4, -0.2) is 109 Å². The maximum Gasteiger partial charge on any atom is 0.407 e. The van der Waals surface area contributed by atoms with Gasteiger partial charge in [-0.05, 0) is 60.3 Å². The molecule has 1 aliphatic rings. The fourth-order valence-electron chi connectivity index (χ4n) is 7.90. The minimum Gasteiger partial charge on any atom is -0.465 e. The fourth-order valence-corrected chi connectivity index (χ4v) is 8.50. The Bertz CT molecular complexity index is 2030. The number of aryl methyl sites for hydroxylation is 1. The van der Waals surface area contributed by atoms with Crippen LogP contribution in [0.5, 0.6) is 0 Å². The number of urea groups is 1. The van der Waals surface area contributed by atoms with E-state index in [1.807, 2.05) is 106 Å². The lowest BCUT2D eigenvalue weighted by atomic mass is 9.84. The zero-order valence-electron chi connectivity index (χ0n) is 35.4. The molecule has 1 saturated heterocycles. The minimum absolute atomic E-state index is 0.0483. The molecule has 0 saturated carbocycles. The van der Waals surface area contributed by atoms with Crippen molar-refractivity contribution in [2.24, 2.45) is 10.8 Å². The third-order valence-corrected chi connectivity index (χ3v) is 11.5. The molecule has 4 aromatic rings. The maximum atomic E-state index is 14.5. The number of aliphatic hydroxyl groups excluding tert-OH is 1. The van der Waals surface area contributed by atoms with Gasteiger partial charge in [0.25, 0.3) is 0 Å². The number of nitrogens with one attached hydrogen (secondary N) is 2. The zero-order chi connectivity index (χ0) is 43.1. The van der Waals surface area contributed by atoms with Crippen LogP contribution < -0.4 is 10.6 Å². The molecule has 13 nitrogen and oxygen atoms in total. The molecule has 0 spiro atoms. The average Bonchev–Trinajstić information content (AvgIpc) is 3.74. The number of likely N-dealkylation sites (N-methyl/N-ethyl adjacent to an activating group) is 1. The van der Waals surface area contributed by atoms with E-state index in [1.165, 1.54) is 18.4 Å². The highest BCUT2D eigenvalue weighted by atomic mass is 32.1. The topological polar surface area (TPSA) is 168 Å². The lowest BCUT2D eigenvalue weighted by molar-refractivity contribution is -0.131. The maximum absolute atomic E-state index is 14.5. The molecule has 2 aromatic heterocycles. The molecule has 5 atom stereocenters. The number of amides is 5. The summed E-state index contributed by atoms with van der Waals surface area (Å²) in [4.78, 5) is 68.0. The summed E-state index contributed by atoms with van der Waals surface area (Å²) in [5.74, 6) is -0.884. The Balaban J connectivity index is 1.42. The van der Waals surface area contributed by atoms with Gasteiger partial charge in [-0.2, -0.15) is 0 Å². The van der Waals surface area contributed by atoms with Crippen LogP contribution in [0.1, 0.15) is 69.8 Å².